The van der Waals surface area contributed by atoms with E-state index in [-0.39, 0.29) is 17.9 Å². The zero-order valence-electron chi connectivity index (χ0n) is 14.7. The minimum atomic E-state index is 0.0880. The average Bonchev–Trinajstić information content (AvgIpc) is 3.34. The molecule has 2 aliphatic rings. The number of ether oxygens (including phenoxy) is 1. The van der Waals surface area contributed by atoms with Crippen LogP contribution in [0.4, 0.5) is 0 Å². The summed E-state index contributed by atoms with van der Waals surface area (Å²) in [4.78, 5) is 15.3. The molecule has 3 atom stereocenters. The molecule has 1 aromatic carbocycles. The molecule has 25 heavy (non-hydrogen) atoms. The van der Waals surface area contributed by atoms with Gasteiger partial charge < -0.3 is 14.1 Å². The first-order valence-electron chi connectivity index (χ1n) is 9.26. The monoisotopic (exact) mass is 339 g/mol. The van der Waals surface area contributed by atoms with Crippen LogP contribution in [0.15, 0.2) is 47.1 Å². The van der Waals surface area contributed by atoms with Crippen molar-refractivity contribution in [3.05, 3.63) is 54.0 Å². The molecular formula is C21H25NO3. The molecule has 2 aromatic rings. The minimum absolute atomic E-state index is 0.0880. The van der Waals surface area contributed by atoms with E-state index in [1.165, 1.54) is 18.4 Å². The van der Waals surface area contributed by atoms with Gasteiger partial charge >= 0.3 is 0 Å². The van der Waals surface area contributed by atoms with E-state index < -0.39 is 0 Å². The predicted octanol–water partition coefficient (Wildman–Crippen LogP) is 4.54. The lowest BCUT2D eigenvalue weighted by atomic mass is 10.00. The number of carbonyl (C=O) groups is 1. The molecular weight excluding hydrogens is 314 g/mol. The summed E-state index contributed by atoms with van der Waals surface area (Å²) in [6, 6.07) is 12.3. The van der Waals surface area contributed by atoms with Gasteiger partial charge in [-0.2, -0.15) is 0 Å². The fourth-order valence-corrected chi connectivity index (χ4v) is 4.04. The van der Waals surface area contributed by atoms with E-state index in [0.29, 0.717) is 5.91 Å². The van der Waals surface area contributed by atoms with Crippen LogP contribution in [0.1, 0.15) is 55.4 Å². The summed E-state index contributed by atoms with van der Waals surface area (Å²) in [5.74, 6) is 2.46. The first-order chi connectivity index (χ1) is 12.3. The van der Waals surface area contributed by atoms with Crippen molar-refractivity contribution in [2.24, 2.45) is 5.92 Å². The van der Waals surface area contributed by atoms with Gasteiger partial charge in [-0.25, -0.2) is 0 Å². The van der Waals surface area contributed by atoms with Crippen molar-refractivity contribution in [1.82, 2.24) is 4.90 Å². The number of methoxy groups -OCH3 is 1. The third-order valence-electron chi connectivity index (χ3n) is 5.55. The van der Waals surface area contributed by atoms with Crippen molar-refractivity contribution in [3.63, 3.8) is 0 Å². The number of benzene rings is 1. The van der Waals surface area contributed by atoms with Crippen LogP contribution in [-0.4, -0.2) is 24.5 Å². The van der Waals surface area contributed by atoms with E-state index in [4.69, 9.17) is 9.15 Å². The SMILES string of the molecule is COc1ccc([C@@H]2CCCCCN2C(=O)[C@H]2C[C@H]2c2ccco2)cc1. The first-order valence-corrected chi connectivity index (χ1v) is 9.26. The fraction of sp³-hybridized carbons (Fsp3) is 0.476. The van der Waals surface area contributed by atoms with Gasteiger partial charge in [0.1, 0.15) is 11.5 Å². The quantitative estimate of drug-likeness (QED) is 0.821. The van der Waals surface area contributed by atoms with Crippen LogP contribution in [0.3, 0.4) is 0 Å². The van der Waals surface area contributed by atoms with Gasteiger partial charge in [0.15, 0.2) is 0 Å². The predicted molar refractivity (Wildman–Crippen MR) is 95.5 cm³/mol. The maximum atomic E-state index is 13.2. The summed E-state index contributed by atoms with van der Waals surface area (Å²) in [7, 11) is 1.68. The molecule has 1 saturated carbocycles. The van der Waals surface area contributed by atoms with Crippen LogP contribution in [0.2, 0.25) is 0 Å². The van der Waals surface area contributed by atoms with Crippen molar-refractivity contribution < 1.29 is 13.9 Å². The lowest BCUT2D eigenvalue weighted by Gasteiger charge is -2.31. The smallest absolute Gasteiger partial charge is 0.226 e. The normalized spacial score (nSPS) is 26.1. The third-order valence-corrected chi connectivity index (χ3v) is 5.55. The topological polar surface area (TPSA) is 42.7 Å². The standard InChI is InChI=1S/C21H25NO3/c1-24-16-10-8-15(9-11-16)19-6-3-2-4-12-22(19)21(23)18-14-17(18)20-7-5-13-25-20/h5,7-11,13,17-19H,2-4,6,12,14H2,1H3/t17-,18+,19+/m1/s1. The molecule has 2 fully saturated rings. The Morgan fingerprint density at radius 2 is 2.00 bits per heavy atom. The molecule has 0 N–H and O–H groups in total. The molecule has 2 heterocycles. The highest BCUT2D eigenvalue weighted by molar-refractivity contribution is 5.83. The molecule has 0 radical (unpaired) electrons. The van der Waals surface area contributed by atoms with Crippen LogP contribution in [-0.2, 0) is 4.79 Å². The average molecular weight is 339 g/mol. The summed E-state index contributed by atoms with van der Waals surface area (Å²) in [6.45, 7) is 0.858. The van der Waals surface area contributed by atoms with Crippen LogP contribution < -0.4 is 4.74 Å². The Balaban J connectivity index is 1.53. The molecule has 1 aromatic heterocycles. The second-order valence-electron chi connectivity index (χ2n) is 7.13. The van der Waals surface area contributed by atoms with Crippen LogP contribution >= 0.6 is 0 Å². The van der Waals surface area contributed by atoms with Gasteiger partial charge in [0.2, 0.25) is 5.91 Å². The summed E-state index contributed by atoms with van der Waals surface area (Å²) in [5.41, 5.74) is 1.21. The van der Waals surface area contributed by atoms with Crippen LogP contribution in [0, 0.1) is 5.92 Å². The number of rotatable bonds is 4. The van der Waals surface area contributed by atoms with Gasteiger partial charge in [-0.3, -0.25) is 4.79 Å². The number of nitrogens with zero attached hydrogens (tertiary/aromatic N) is 1. The second-order valence-corrected chi connectivity index (χ2v) is 7.13. The summed E-state index contributed by atoms with van der Waals surface area (Å²) < 4.78 is 10.8. The Labute approximate surface area is 148 Å². The molecule has 0 bridgehead atoms. The van der Waals surface area contributed by atoms with Crippen molar-refractivity contribution >= 4 is 5.91 Å². The summed E-state index contributed by atoms with van der Waals surface area (Å²) in [6.07, 6.45) is 7.11. The Kier molecular flexibility index (Phi) is 4.51. The number of likely N-dealkylation sites (tertiary alicyclic amines) is 1. The van der Waals surface area contributed by atoms with E-state index in [2.05, 4.69) is 17.0 Å². The van der Waals surface area contributed by atoms with Gasteiger partial charge in [0.25, 0.3) is 0 Å². The maximum Gasteiger partial charge on any atom is 0.226 e. The van der Waals surface area contributed by atoms with Crippen molar-refractivity contribution in [3.8, 4) is 5.75 Å². The Bertz CT molecular complexity index is 707. The Morgan fingerprint density at radius 3 is 2.72 bits per heavy atom. The molecule has 1 amide bonds. The van der Waals surface area contributed by atoms with Crippen molar-refractivity contribution in [2.45, 2.75) is 44.1 Å². The zero-order valence-corrected chi connectivity index (χ0v) is 14.7. The fourth-order valence-electron chi connectivity index (χ4n) is 4.04. The van der Waals surface area contributed by atoms with Crippen LogP contribution in [0.5, 0.6) is 5.75 Å². The molecule has 1 aliphatic carbocycles. The largest absolute Gasteiger partial charge is 0.497 e. The number of hydrogen-bond donors (Lipinski definition) is 0. The molecule has 1 aliphatic heterocycles. The minimum Gasteiger partial charge on any atom is -0.497 e. The third kappa shape index (κ3) is 3.30. The van der Waals surface area contributed by atoms with Gasteiger partial charge in [0.05, 0.1) is 19.4 Å². The maximum absolute atomic E-state index is 13.2. The van der Waals surface area contributed by atoms with E-state index in [0.717, 1.165) is 37.3 Å². The molecule has 1 saturated heterocycles. The summed E-state index contributed by atoms with van der Waals surface area (Å²) in [5, 5.41) is 0. The lowest BCUT2D eigenvalue weighted by Crippen LogP contribution is -2.36. The zero-order chi connectivity index (χ0) is 17.2. The summed E-state index contributed by atoms with van der Waals surface area (Å²) >= 11 is 0. The van der Waals surface area contributed by atoms with E-state index in [1.807, 2.05) is 24.3 Å². The number of carbonyl (C=O) groups excluding carboxylic acids is 1. The van der Waals surface area contributed by atoms with Crippen molar-refractivity contribution in [2.75, 3.05) is 13.7 Å². The Hall–Kier alpha value is -2.23. The second kappa shape index (κ2) is 6.95. The van der Waals surface area contributed by atoms with Crippen molar-refractivity contribution in [1.29, 1.82) is 0 Å². The molecule has 4 rings (SSSR count). The molecule has 4 heteroatoms. The molecule has 4 nitrogen and oxygen atoms in total. The lowest BCUT2D eigenvalue weighted by molar-refractivity contribution is -0.135. The number of hydrogen-bond acceptors (Lipinski definition) is 3. The van der Waals surface area contributed by atoms with Gasteiger partial charge in [-0.05, 0) is 49.1 Å². The first kappa shape index (κ1) is 16.2. The highest BCUT2D eigenvalue weighted by Gasteiger charge is 2.48. The van der Waals surface area contributed by atoms with Crippen LogP contribution in [0.25, 0.3) is 0 Å². The molecule has 0 unspecified atom stereocenters. The van der Waals surface area contributed by atoms with E-state index in [9.17, 15) is 4.79 Å². The number of amides is 1. The molecule has 132 valence electrons. The van der Waals surface area contributed by atoms with E-state index in [1.54, 1.807) is 13.4 Å². The highest BCUT2D eigenvalue weighted by atomic mass is 16.5. The van der Waals surface area contributed by atoms with Gasteiger partial charge in [0, 0.05) is 18.4 Å². The Morgan fingerprint density at radius 1 is 1.16 bits per heavy atom. The van der Waals surface area contributed by atoms with Gasteiger partial charge in [-0.1, -0.05) is 25.0 Å². The number of furan rings is 1. The van der Waals surface area contributed by atoms with E-state index >= 15 is 0 Å². The highest BCUT2D eigenvalue weighted by Crippen LogP contribution is 2.50. The molecule has 0 spiro atoms. The van der Waals surface area contributed by atoms with Gasteiger partial charge in [-0.15, -0.1) is 0 Å².